The lowest BCUT2D eigenvalue weighted by Gasteiger charge is -1.94. The molecule has 0 aliphatic heterocycles. The average Bonchev–Trinajstić information content (AvgIpc) is 2.03. The maximum atomic E-state index is 9.91. The summed E-state index contributed by atoms with van der Waals surface area (Å²) in [6.07, 6.45) is 0. The molecule has 1 unspecified atom stereocenters. The van der Waals surface area contributed by atoms with E-state index in [9.17, 15) is 4.57 Å². The second-order valence-corrected chi connectivity index (χ2v) is 2.31. The number of hydrogen-bond acceptors (Lipinski definition) is 2. The fourth-order valence-electron chi connectivity index (χ4n) is 0.687. The second-order valence-electron chi connectivity index (χ2n) is 1.86. The third kappa shape index (κ3) is 2.26. The highest BCUT2D eigenvalue weighted by molar-refractivity contribution is 7.17. The first-order valence-electron chi connectivity index (χ1n) is 2.96. The van der Waals surface area contributed by atoms with Crippen LogP contribution >= 0.6 is 8.69 Å². The first-order chi connectivity index (χ1) is 4.93. The summed E-state index contributed by atoms with van der Waals surface area (Å²) in [6, 6.07) is 9.64. The normalized spacial score (nSPS) is 10.0. The van der Waals surface area contributed by atoms with Gasteiger partial charge in [-0.3, -0.25) is 4.57 Å². The summed E-state index contributed by atoms with van der Waals surface area (Å²) >= 11 is 0. The van der Waals surface area contributed by atoms with Crippen LogP contribution in [0.3, 0.4) is 0 Å². The molecule has 0 aliphatic rings. The first-order valence-corrected chi connectivity index (χ1v) is 3.78. The van der Waals surface area contributed by atoms with Gasteiger partial charge in [0.15, 0.2) is 8.69 Å². The molecule has 1 aromatic carbocycles. The van der Waals surface area contributed by atoms with Gasteiger partial charge in [-0.2, -0.15) is 0 Å². The molecule has 1 rings (SSSR count). The SMILES string of the molecule is O=[PH]OCc1ccccc1. The molecule has 0 aliphatic carbocycles. The lowest BCUT2D eigenvalue weighted by Crippen LogP contribution is -1.80. The van der Waals surface area contributed by atoms with Crippen LogP contribution < -0.4 is 0 Å². The van der Waals surface area contributed by atoms with E-state index < -0.39 is 8.69 Å². The van der Waals surface area contributed by atoms with E-state index in [1.54, 1.807) is 0 Å². The van der Waals surface area contributed by atoms with Gasteiger partial charge in [-0.05, 0) is 5.56 Å². The summed E-state index contributed by atoms with van der Waals surface area (Å²) in [6.45, 7) is 0.433. The molecule has 0 fully saturated rings. The van der Waals surface area contributed by atoms with Gasteiger partial charge in [0.1, 0.15) is 0 Å². The Morgan fingerprint density at radius 2 is 2.00 bits per heavy atom. The van der Waals surface area contributed by atoms with Crippen molar-refractivity contribution in [3.05, 3.63) is 35.9 Å². The van der Waals surface area contributed by atoms with Crippen LogP contribution in [0, 0.1) is 0 Å². The van der Waals surface area contributed by atoms with E-state index in [4.69, 9.17) is 4.52 Å². The molecular formula is C7H8O2P. The summed E-state index contributed by atoms with van der Waals surface area (Å²) in [5.41, 5.74) is 1.05. The maximum Gasteiger partial charge on any atom is 0.198 e. The average molecular weight is 155 g/mol. The van der Waals surface area contributed by atoms with Crippen LogP contribution in [0.25, 0.3) is 0 Å². The summed E-state index contributed by atoms with van der Waals surface area (Å²) in [5.74, 6) is 0. The minimum absolute atomic E-state index is 0.433. The molecule has 53 valence electrons. The van der Waals surface area contributed by atoms with Crippen molar-refractivity contribution in [1.29, 1.82) is 0 Å². The Balaban J connectivity index is 2.50. The highest BCUT2D eigenvalue weighted by Gasteiger charge is 1.87. The molecular weight excluding hydrogens is 147 g/mol. The van der Waals surface area contributed by atoms with Gasteiger partial charge in [0.2, 0.25) is 0 Å². The van der Waals surface area contributed by atoms with Crippen LogP contribution in [0.5, 0.6) is 0 Å². The van der Waals surface area contributed by atoms with Crippen molar-refractivity contribution >= 4 is 8.69 Å². The zero-order valence-electron chi connectivity index (χ0n) is 5.41. The van der Waals surface area contributed by atoms with E-state index in [0.717, 1.165) is 5.56 Å². The number of hydrogen-bond donors (Lipinski definition) is 0. The Morgan fingerprint density at radius 1 is 1.30 bits per heavy atom. The van der Waals surface area contributed by atoms with Crippen LogP contribution in [0.4, 0.5) is 0 Å². The fraction of sp³-hybridized carbons (Fsp3) is 0.143. The Morgan fingerprint density at radius 3 is 2.60 bits per heavy atom. The third-order valence-corrected chi connectivity index (χ3v) is 1.40. The maximum absolute atomic E-state index is 9.91. The van der Waals surface area contributed by atoms with E-state index in [1.807, 2.05) is 30.3 Å². The Kier molecular flexibility index (Phi) is 3.07. The number of rotatable bonds is 3. The van der Waals surface area contributed by atoms with Gasteiger partial charge in [-0.1, -0.05) is 30.3 Å². The van der Waals surface area contributed by atoms with Gasteiger partial charge in [-0.25, -0.2) is 0 Å². The molecule has 0 saturated carbocycles. The van der Waals surface area contributed by atoms with Crippen LogP contribution in [0.1, 0.15) is 5.56 Å². The lowest BCUT2D eigenvalue weighted by atomic mass is 10.2. The smallest absolute Gasteiger partial charge is 0.198 e. The van der Waals surface area contributed by atoms with Crippen molar-refractivity contribution in [2.75, 3.05) is 0 Å². The largest absolute Gasteiger partial charge is 0.301 e. The summed E-state index contributed by atoms with van der Waals surface area (Å²) in [7, 11) is -0.667. The van der Waals surface area contributed by atoms with E-state index >= 15 is 0 Å². The van der Waals surface area contributed by atoms with Gasteiger partial charge >= 0.3 is 0 Å². The third-order valence-electron chi connectivity index (χ3n) is 1.14. The van der Waals surface area contributed by atoms with Gasteiger partial charge < -0.3 is 4.52 Å². The van der Waals surface area contributed by atoms with Crippen LogP contribution in [0.15, 0.2) is 30.3 Å². The van der Waals surface area contributed by atoms with Gasteiger partial charge in [0.05, 0.1) is 6.61 Å². The molecule has 1 atom stereocenters. The van der Waals surface area contributed by atoms with Crippen molar-refractivity contribution in [3.8, 4) is 0 Å². The van der Waals surface area contributed by atoms with E-state index in [2.05, 4.69) is 0 Å². The highest BCUT2D eigenvalue weighted by Crippen LogP contribution is 2.04. The molecule has 0 spiro atoms. The van der Waals surface area contributed by atoms with Crippen molar-refractivity contribution < 1.29 is 9.09 Å². The fourth-order valence-corrected chi connectivity index (χ4v) is 0.913. The molecule has 1 radical (unpaired) electrons. The van der Waals surface area contributed by atoms with Gasteiger partial charge in [-0.15, -0.1) is 0 Å². The number of benzene rings is 1. The minimum Gasteiger partial charge on any atom is -0.301 e. The Labute approximate surface area is 61.1 Å². The van der Waals surface area contributed by atoms with Crippen molar-refractivity contribution in [2.45, 2.75) is 6.61 Å². The molecule has 0 heterocycles. The van der Waals surface area contributed by atoms with Gasteiger partial charge in [0.25, 0.3) is 0 Å². The summed E-state index contributed by atoms with van der Waals surface area (Å²) in [4.78, 5) is 0. The monoisotopic (exact) mass is 155 g/mol. The molecule has 0 aromatic heterocycles. The standard InChI is InChI=1S/C7H8O2P/c8-10-9-6-7-4-2-1-3-5-7/h1-5,10H,6H2. The lowest BCUT2D eigenvalue weighted by molar-refractivity contribution is 0.332. The topological polar surface area (TPSA) is 26.3 Å². The molecule has 0 saturated heterocycles. The molecule has 10 heavy (non-hydrogen) atoms. The van der Waals surface area contributed by atoms with Crippen LogP contribution in [-0.2, 0) is 15.7 Å². The molecule has 2 nitrogen and oxygen atoms in total. The zero-order chi connectivity index (χ0) is 7.23. The Hall–Kier alpha value is -0.720. The summed E-state index contributed by atoms with van der Waals surface area (Å²) in [5, 5.41) is 0. The van der Waals surface area contributed by atoms with E-state index in [0.29, 0.717) is 6.61 Å². The van der Waals surface area contributed by atoms with Crippen LogP contribution in [-0.4, -0.2) is 0 Å². The predicted octanol–water partition coefficient (Wildman–Crippen LogP) is 2.14. The summed E-state index contributed by atoms with van der Waals surface area (Å²) < 4.78 is 14.6. The molecule has 0 bridgehead atoms. The van der Waals surface area contributed by atoms with Crippen molar-refractivity contribution in [3.63, 3.8) is 0 Å². The Bertz CT molecular complexity index is 198. The second kappa shape index (κ2) is 4.15. The quantitative estimate of drug-likeness (QED) is 0.625. The van der Waals surface area contributed by atoms with Crippen molar-refractivity contribution in [2.24, 2.45) is 0 Å². The van der Waals surface area contributed by atoms with Crippen molar-refractivity contribution in [1.82, 2.24) is 0 Å². The first kappa shape index (κ1) is 7.39. The molecule has 0 N–H and O–H groups in total. The predicted molar refractivity (Wildman–Crippen MR) is 40.2 cm³/mol. The minimum atomic E-state index is -0.667. The van der Waals surface area contributed by atoms with Gasteiger partial charge in [0, 0.05) is 0 Å². The highest BCUT2D eigenvalue weighted by atomic mass is 31.1. The van der Waals surface area contributed by atoms with E-state index in [-0.39, 0.29) is 0 Å². The van der Waals surface area contributed by atoms with Crippen LogP contribution in [0.2, 0.25) is 0 Å². The molecule has 3 heteroatoms. The van der Waals surface area contributed by atoms with E-state index in [1.165, 1.54) is 0 Å². The molecule has 0 amide bonds. The molecule has 1 aromatic rings. The zero-order valence-corrected chi connectivity index (χ0v) is 6.41.